The summed E-state index contributed by atoms with van der Waals surface area (Å²) < 4.78 is 23.2. The minimum atomic E-state index is -2.03. The summed E-state index contributed by atoms with van der Waals surface area (Å²) in [6.45, 7) is 4.57. The van der Waals surface area contributed by atoms with E-state index in [-0.39, 0.29) is 24.5 Å². The Bertz CT molecular complexity index is 963. The van der Waals surface area contributed by atoms with Crippen LogP contribution < -0.4 is 0 Å². The number of carbonyl (C=O) groups is 3. The van der Waals surface area contributed by atoms with Crippen LogP contribution in [0.3, 0.4) is 0 Å². The van der Waals surface area contributed by atoms with Crippen molar-refractivity contribution in [3.05, 3.63) is 23.8 Å². The van der Waals surface area contributed by atoms with Crippen molar-refractivity contribution in [2.45, 2.75) is 76.7 Å². The van der Waals surface area contributed by atoms with Gasteiger partial charge in [0.2, 0.25) is 5.78 Å². The molecule has 8 atom stereocenters. The van der Waals surface area contributed by atoms with Crippen molar-refractivity contribution in [3.8, 4) is 0 Å². The quantitative estimate of drug-likeness (QED) is 0.394. The number of aliphatic hydroxyl groups excluding tert-OH is 2. The third kappa shape index (κ3) is 3.20. The summed E-state index contributed by atoms with van der Waals surface area (Å²) in [6, 6.07) is 0. The molecule has 0 aromatic rings. The predicted octanol–water partition coefficient (Wildman–Crippen LogP) is 3.62. The molecule has 4 aliphatic carbocycles. The van der Waals surface area contributed by atoms with Gasteiger partial charge in [0, 0.05) is 34.4 Å². The van der Waals surface area contributed by atoms with Gasteiger partial charge in [-0.25, -0.2) is 4.39 Å². The van der Waals surface area contributed by atoms with E-state index >= 15 is 4.39 Å². The number of ketones is 2. The Morgan fingerprint density at radius 2 is 2.00 bits per heavy atom. The summed E-state index contributed by atoms with van der Waals surface area (Å²) in [4.78, 5) is 38.1. The second-order valence-corrected chi connectivity index (χ2v) is 11.8. The zero-order valence-electron chi connectivity index (χ0n) is 20.0. The van der Waals surface area contributed by atoms with Crippen LogP contribution in [0.15, 0.2) is 23.8 Å². The number of carbonyl (C=O) groups excluding carboxylic acids is 3. The van der Waals surface area contributed by atoms with Gasteiger partial charge in [-0.2, -0.15) is 0 Å². The molecule has 188 valence electrons. The van der Waals surface area contributed by atoms with Gasteiger partial charge in [0.05, 0.1) is 6.10 Å². The maximum absolute atomic E-state index is 17.3. The number of ether oxygens (including phenoxy) is 1. The fraction of sp³-hybridized carbons (Fsp3) is 0.731. The molecule has 0 radical (unpaired) electrons. The van der Waals surface area contributed by atoms with Gasteiger partial charge < -0.3 is 14.9 Å². The molecule has 0 aromatic heterocycles. The molecule has 4 rings (SSSR count). The molecule has 0 aromatic carbocycles. The van der Waals surface area contributed by atoms with Crippen LogP contribution in [0.25, 0.3) is 0 Å². The lowest BCUT2D eigenvalue weighted by atomic mass is 9.44. The molecule has 2 N–H and O–H groups in total. The zero-order valence-corrected chi connectivity index (χ0v) is 21.6. The lowest BCUT2D eigenvalue weighted by molar-refractivity contribution is -0.228. The molecule has 0 spiro atoms. The zero-order chi connectivity index (χ0) is 25.1. The van der Waals surface area contributed by atoms with E-state index in [0.29, 0.717) is 36.6 Å². The molecule has 0 saturated heterocycles. The average molecular weight is 541 g/mol. The highest BCUT2D eigenvalue weighted by molar-refractivity contribution is 9.09. The Balaban J connectivity index is 1.80. The topological polar surface area (TPSA) is 101 Å². The van der Waals surface area contributed by atoms with Crippen LogP contribution in [-0.2, 0) is 19.1 Å². The van der Waals surface area contributed by atoms with Crippen molar-refractivity contribution in [2.24, 2.45) is 28.6 Å². The fourth-order valence-electron chi connectivity index (χ4n) is 7.96. The second kappa shape index (κ2) is 8.63. The van der Waals surface area contributed by atoms with Crippen molar-refractivity contribution in [1.29, 1.82) is 0 Å². The molecule has 6 nitrogen and oxygen atoms in total. The number of rotatable bonds is 6. The monoisotopic (exact) mass is 540 g/mol. The van der Waals surface area contributed by atoms with Crippen LogP contribution in [0, 0.1) is 28.6 Å². The van der Waals surface area contributed by atoms with Crippen LogP contribution in [-0.4, -0.2) is 57.1 Å². The standard InChI is InChI=1S/C26H34BrFO6/c1-15-11-19-18-7-6-16-12-17(30)8-9-23(16,2)25(18,28)20(31)13-24(19,3)26(15,21(32)14-29)34-22(33)5-4-10-27/h8-9,12,15,18-20,29,31H,4-7,10-11,13-14H2,1-3H3/t15-,18-,19-,20-,23-,24-,25-,26-/m0/s1. The van der Waals surface area contributed by atoms with Gasteiger partial charge in [0.15, 0.2) is 17.1 Å². The van der Waals surface area contributed by atoms with Gasteiger partial charge in [0.25, 0.3) is 0 Å². The van der Waals surface area contributed by atoms with E-state index in [4.69, 9.17) is 4.74 Å². The minimum Gasteiger partial charge on any atom is -0.450 e. The normalized spacial score (nSPS) is 45.1. The molecular weight excluding hydrogens is 507 g/mol. The van der Waals surface area contributed by atoms with Crippen molar-refractivity contribution in [3.63, 3.8) is 0 Å². The molecule has 8 heteroatoms. The SMILES string of the molecule is C[C@H]1C[C@H]2[C@@H]3CCC4=CC(=O)C=C[C@]4(C)[C@@]3(F)[C@@H](O)C[C@]2(C)[C@@]1(OC(=O)CCCBr)C(=O)CO. The van der Waals surface area contributed by atoms with E-state index in [1.165, 1.54) is 12.2 Å². The molecule has 3 fully saturated rings. The number of esters is 1. The third-order valence-electron chi connectivity index (χ3n) is 9.53. The molecule has 3 saturated carbocycles. The highest BCUT2D eigenvalue weighted by Crippen LogP contribution is 2.71. The van der Waals surface area contributed by atoms with Gasteiger partial charge in [-0.3, -0.25) is 14.4 Å². The summed E-state index contributed by atoms with van der Waals surface area (Å²) in [5.41, 5.74) is -5.15. The predicted molar refractivity (Wildman–Crippen MR) is 127 cm³/mol. The van der Waals surface area contributed by atoms with Gasteiger partial charge in [-0.05, 0) is 57.1 Å². The van der Waals surface area contributed by atoms with Gasteiger partial charge in [0.1, 0.15) is 6.61 Å². The van der Waals surface area contributed by atoms with Crippen LogP contribution >= 0.6 is 15.9 Å². The van der Waals surface area contributed by atoms with E-state index in [2.05, 4.69) is 15.9 Å². The Hall–Kier alpha value is -1.38. The van der Waals surface area contributed by atoms with Gasteiger partial charge in [-0.1, -0.05) is 41.4 Å². The number of fused-ring (bicyclic) bond motifs is 5. The number of hydrogen-bond donors (Lipinski definition) is 2. The molecule has 4 aliphatic rings. The maximum atomic E-state index is 17.3. The fourth-order valence-corrected chi connectivity index (χ4v) is 8.24. The van der Waals surface area contributed by atoms with E-state index in [0.717, 1.165) is 0 Å². The smallest absolute Gasteiger partial charge is 0.306 e. The van der Waals surface area contributed by atoms with Crippen LogP contribution in [0.2, 0.25) is 0 Å². The number of allylic oxidation sites excluding steroid dienone is 4. The summed E-state index contributed by atoms with van der Waals surface area (Å²) in [5, 5.41) is 22.0. The Morgan fingerprint density at radius 1 is 1.29 bits per heavy atom. The van der Waals surface area contributed by atoms with Crippen molar-refractivity contribution < 1.29 is 33.7 Å². The highest BCUT2D eigenvalue weighted by atomic mass is 79.9. The second-order valence-electron chi connectivity index (χ2n) is 11.0. The summed E-state index contributed by atoms with van der Waals surface area (Å²) in [7, 11) is 0. The maximum Gasteiger partial charge on any atom is 0.306 e. The van der Waals surface area contributed by atoms with Crippen LogP contribution in [0.1, 0.15) is 59.3 Å². The van der Waals surface area contributed by atoms with Gasteiger partial charge >= 0.3 is 5.97 Å². The average Bonchev–Trinajstić information content (AvgIpc) is 3.00. The summed E-state index contributed by atoms with van der Waals surface area (Å²) >= 11 is 3.29. The highest BCUT2D eigenvalue weighted by Gasteiger charge is 2.77. The number of halogens is 2. The number of alkyl halides is 2. The van der Waals surface area contributed by atoms with Crippen LogP contribution in [0.4, 0.5) is 4.39 Å². The first-order valence-corrected chi connectivity index (χ1v) is 13.3. The molecule has 34 heavy (non-hydrogen) atoms. The largest absolute Gasteiger partial charge is 0.450 e. The van der Waals surface area contributed by atoms with Crippen molar-refractivity contribution >= 4 is 33.5 Å². The number of aliphatic hydroxyl groups is 2. The Kier molecular flexibility index (Phi) is 6.52. The Labute approximate surface area is 208 Å². The van der Waals surface area contributed by atoms with Gasteiger partial charge in [-0.15, -0.1) is 0 Å². The van der Waals surface area contributed by atoms with E-state index in [1.807, 2.05) is 13.8 Å². The molecular formula is C26H34BrFO6. The first kappa shape index (κ1) is 25.7. The molecule has 0 heterocycles. The third-order valence-corrected chi connectivity index (χ3v) is 10.1. The molecule has 0 amide bonds. The lowest BCUT2D eigenvalue weighted by Gasteiger charge is -2.62. The minimum absolute atomic E-state index is 0.0862. The molecule has 0 bridgehead atoms. The summed E-state index contributed by atoms with van der Waals surface area (Å²) in [5.74, 6) is -2.70. The van der Waals surface area contributed by atoms with Crippen molar-refractivity contribution in [2.75, 3.05) is 11.9 Å². The Morgan fingerprint density at radius 3 is 2.65 bits per heavy atom. The van der Waals surface area contributed by atoms with Crippen LogP contribution in [0.5, 0.6) is 0 Å². The van der Waals surface area contributed by atoms with E-state index in [1.54, 1.807) is 13.0 Å². The number of hydrogen-bond acceptors (Lipinski definition) is 6. The first-order chi connectivity index (χ1) is 15.9. The molecule has 0 aliphatic heterocycles. The molecule has 0 unspecified atom stereocenters. The van der Waals surface area contributed by atoms with E-state index in [9.17, 15) is 24.6 Å². The van der Waals surface area contributed by atoms with Crippen molar-refractivity contribution in [1.82, 2.24) is 0 Å². The number of Topliss-reactive ketones (excluding diaryl/α,β-unsaturated/α-hetero) is 1. The van der Waals surface area contributed by atoms with E-state index < -0.39 is 58.4 Å². The summed E-state index contributed by atoms with van der Waals surface area (Å²) in [6.07, 6.45) is 4.95. The lowest BCUT2D eigenvalue weighted by Crippen LogP contribution is -2.70. The first-order valence-electron chi connectivity index (χ1n) is 12.2.